The van der Waals surface area contributed by atoms with Crippen molar-refractivity contribution in [2.75, 3.05) is 26.3 Å². The van der Waals surface area contributed by atoms with Crippen molar-refractivity contribution in [1.82, 2.24) is 15.1 Å². The fourth-order valence-corrected chi connectivity index (χ4v) is 1.77. The lowest BCUT2D eigenvalue weighted by Gasteiger charge is -2.16. The summed E-state index contributed by atoms with van der Waals surface area (Å²) in [5.41, 5.74) is 1.26. The summed E-state index contributed by atoms with van der Waals surface area (Å²) in [6, 6.07) is 0. The number of hydrogen-bond acceptors (Lipinski definition) is 4. The average Bonchev–Trinajstić information content (AvgIpc) is 2.75. The van der Waals surface area contributed by atoms with Gasteiger partial charge in [0.25, 0.3) is 0 Å². The smallest absolute Gasteiger partial charge is 0.158 e. The average molecular weight is 255 g/mol. The van der Waals surface area contributed by atoms with Crippen LogP contribution in [0, 0.1) is 0 Å². The molecule has 0 aromatic carbocycles. The fraction of sp³-hybridized carbons (Fsp3) is 0.769. The lowest BCUT2D eigenvalue weighted by molar-refractivity contribution is -0.138. The Kier molecular flexibility index (Phi) is 7.64. The maximum atomic E-state index is 5.48. The van der Waals surface area contributed by atoms with E-state index in [4.69, 9.17) is 9.47 Å². The zero-order valence-electron chi connectivity index (χ0n) is 11.7. The van der Waals surface area contributed by atoms with Crippen molar-refractivity contribution >= 4 is 0 Å². The van der Waals surface area contributed by atoms with Crippen molar-refractivity contribution in [2.24, 2.45) is 7.05 Å². The van der Waals surface area contributed by atoms with E-state index in [1.807, 2.05) is 38.0 Å². The third-order valence-electron chi connectivity index (χ3n) is 2.61. The SMILES string of the molecule is CCOC(CCNCCc1cnn(C)c1)OCC. The molecule has 1 rings (SSSR count). The summed E-state index contributed by atoms with van der Waals surface area (Å²) >= 11 is 0. The van der Waals surface area contributed by atoms with E-state index in [0.717, 1.165) is 25.9 Å². The van der Waals surface area contributed by atoms with Gasteiger partial charge in [0.15, 0.2) is 6.29 Å². The van der Waals surface area contributed by atoms with Gasteiger partial charge < -0.3 is 14.8 Å². The van der Waals surface area contributed by atoms with Crippen LogP contribution < -0.4 is 5.32 Å². The minimum Gasteiger partial charge on any atom is -0.353 e. The van der Waals surface area contributed by atoms with Gasteiger partial charge in [0, 0.05) is 32.9 Å². The molecule has 1 N–H and O–H groups in total. The summed E-state index contributed by atoms with van der Waals surface area (Å²) in [5.74, 6) is 0. The first kappa shape index (κ1) is 15.1. The number of rotatable bonds is 10. The summed E-state index contributed by atoms with van der Waals surface area (Å²) in [5, 5.41) is 7.53. The highest BCUT2D eigenvalue weighted by Gasteiger charge is 2.06. The van der Waals surface area contributed by atoms with Gasteiger partial charge in [0.2, 0.25) is 0 Å². The molecule has 0 fully saturated rings. The molecule has 1 aromatic heterocycles. The molecule has 0 atom stereocenters. The van der Waals surface area contributed by atoms with Gasteiger partial charge in [-0.2, -0.15) is 5.10 Å². The molecule has 1 aromatic rings. The lowest BCUT2D eigenvalue weighted by Crippen LogP contribution is -2.26. The zero-order chi connectivity index (χ0) is 13.2. The Morgan fingerprint density at radius 2 is 2.00 bits per heavy atom. The summed E-state index contributed by atoms with van der Waals surface area (Å²) in [6.45, 7) is 7.23. The third-order valence-corrected chi connectivity index (χ3v) is 2.61. The number of aryl methyl sites for hydroxylation is 1. The van der Waals surface area contributed by atoms with Crippen LogP contribution in [0.25, 0.3) is 0 Å². The second-order valence-electron chi connectivity index (χ2n) is 4.15. The van der Waals surface area contributed by atoms with E-state index in [0.29, 0.717) is 13.2 Å². The second kappa shape index (κ2) is 9.08. The zero-order valence-corrected chi connectivity index (χ0v) is 11.7. The van der Waals surface area contributed by atoms with E-state index in [1.165, 1.54) is 5.56 Å². The summed E-state index contributed by atoms with van der Waals surface area (Å²) in [4.78, 5) is 0. The minimum atomic E-state index is -0.0779. The monoisotopic (exact) mass is 255 g/mol. The molecule has 18 heavy (non-hydrogen) atoms. The standard InChI is InChI=1S/C13H25N3O2/c1-4-17-13(18-5-2)7-9-14-8-6-12-10-15-16(3)11-12/h10-11,13-14H,4-9H2,1-3H3. The molecule has 0 aliphatic carbocycles. The van der Waals surface area contributed by atoms with Gasteiger partial charge >= 0.3 is 0 Å². The quantitative estimate of drug-likeness (QED) is 0.506. The summed E-state index contributed by atoms with van der Waals surface area (Å²) in [7, 11) is 1.94. The number of ether oxygens (including phenoxy) is 2. The van der Waals surface area contributed by atoms with Crippen molar-refractivity contribution in [3.8, 4) is 0 Å². The first-order valence-corrected chi connectivity index (χ1v) is 6.67. The van der Waals surface area contributed by atoms with Crippen LogP contribution in [0.5, 0.6) is 0 Å². The van der Waals surface area contributed by atoms with E-state index < -0.39 is 0 Å². The van der Waals surface area contributed by atoms with Gasteiger partial charge in [0.1, 0.15) is 0 Å². The van der Waals surface area contributed by atoms with Gasteiger partial charge in [-0.15, -0.1) is 0 Å². The van der Waals surface area contributed by atoms with Crippen LogP contribution in [0.1, 0.15) is 25.8 Å². The predicted molar refractivity (Wildman–Crippen MR) is 71.4 cm³/mol. The molecule has 0 aliphatic heterocycles. The molecular formula is C13H25N3O2. The van der Waals surface area contributed by atoms with Crippen LogP contribution in [-0.2, 0) is 22.9 Å². The fourth-order valence-electron chi connectivity index (χ4n) is 1.77. The number of nitrogens with zero attached hydrogens (tertiary/aromatic N) is 2. The molecule has 1 heterocycles. The van der Waals surface area contributed by atoms with Gasteiger partial charge in [-0.1, -0.05) is 0 Å². The van der Waals surface area contributed by atoms with Gasteiger partial charge in [0.05, 0.1) is 6.20 Å². The maximum Gasteiger partial charge on any atom is 0.158 e. The molecular weight excluding hydrogens is 230 g/mol. The Bertz CT molecular complexity index is 309. The highest BCUT2D eigenvalue weighted by Crippen LogP contribution is 2.00. The Labute approximate surface area is 109 Å². The lowest BCUT2D eigenvalue weighted by atomic mass is 10.2. The topological polar surface area (TPSA) is 48.3 Å². The Morgan fingerprint density at radius 1 is 1.28 bits per heavy atom. The number of hydrogen-bond donors (Lipinski definition) is 1. The summed E-state index contributed by atoms with van der Waals surface area (Å²) in [6.07, 6.45) is 5.76. The maximum absolute atomic E-state index is 5.48. The van der Waals surface area contributed by atoms with Gasteiger partial charge in [-0.3, -0.25) is 4.68 Å². The van der Waals surface area contributed by atoms with Crippen LogP contribution in [0.15, 0.2) is 12.4 Å². The van der Waals surface area contributed by atoms with Crippen LogP contribution in [0.2, 0.25) is 0 Å². The van der Waals surface area contributed by atoms with Crippen molar-refractivity contribution < 1.29 is 9.47 Å². The van der Waals surface area contributed by atoms with Gasteiger partial charge in [-0.25, -0.2) is 0 Å². The molecule has 0 saturated heterocycles. The van der Waals surface area contributed by atoms with E-state index in [-0.39, 0.29) is 6.29 Å². The first-order valence-electron chi connectivity index (χ1n) is 6.67. The number of aromatic nitrogens is 2. The molecule has 0 saturated carbocycles. The van der Waals surface area contributed by atoms with Crippen molar-refractivity contribution in [3.63, 3.8) is 0 Å². The molecule has 0 amide bonds. The van der Waals surface area contributed by atoms with Crippen LogP contribution >= 0.6 is 0 Å². The normalized spacial score (nSPS) is 11.3. The van der Waals surface area contributed by atoms with E-state index in [9.17, 15) is 0 Å². The van der Waals surface area contributed by atoms with Crippen molar-refractivity contribution in [3.05, 3.63) is 18.0 Å². The molecule has 0 bridgehead atoms. The Hall–Kier alpha value is -0.910. The minimum absolute atomic E-state index is 0.0779. The van der Waals surface area contributed by atoms with Crippen LogP contribution in [-0.4, -0.2) is 42.4 Å². The summed E-state index contributed by atoms with van der Waals surface area (Å²) < 4.78 is 12.8. The van der Waals surface area contributed by atoms with E-state index in [1.54, 1.807) is 0 Å². The van der Waals surface area contributed by atoms with Crippen LogP contribution in [0.3, 0.4) is 0 Å². The molecule has 0 aliphatic rings. The molecule has 0 spiro atoms. The molecule has 0 radical (unpaired) electrons. The van der Waals surface area contributed by atoms with Crippen LogP contribution in [0.4, 0.5) is 0 Å². The largest absolute Gasteiger partial charge is 0.353 e. The van der Waals surface area contributed by atoms with Crippen molar-refractivity contribution in [1.29, 1.82) is 0 Å². The number of nitrogens with one attached hydrogen (secondary N) is 1. The second-order valence-corrected chi connectivity index (χ2v) is 4.15. The Balaban J connectivity index is 2.06. The Morgan fingerprint density at radius 3 is 2.56 bits per heavy atom. The highest BCUT2D eigenvalue weighted by atomic mass is 16.7. The highest BCUT2D eigenvalue weighted by molar-refractivity contribution is 5.03. The van der Waals surface area contributed by atoms with E-state index in [2.05, 4.69) is 10.4 Å². The van der Waals surface area contributed by atoms with E-state index >= 15 is 0 Å². The third kappa shape index (κ3) is 6.14. The van der Waals surface area contributed by atoms with Gasteiger partial charge in [-0.05, 0) is 38.9 Å². The molecule has 104 valence electrons. The first-order chi connectivity index (χ1) is 8.76. The predicted octanol–water partition coefficient (Wildman–Crippen LogP) is 1.34. The molecule has 5 heteroatoms. The molecule has 5 nitrogen and oxygen atoms in total. The molecule has 0 unspecified atom stereocenters. The van der Waals surface area contributed by atoms with Crippen molar-refractivity contribution in [2.45, 2.75) is 33.0 Å².